The highest BCUT2D eigenvalue weighted by Crippen LogP contribution is 2.33. The minimum atomic E-state index is -4.45. The fourth-order valence-corrected chi connectivity index (χ4v) is 2.94. The largest absolute Gasteiger partial charge is 0.457 e. The Balaban J connectivity index is 1.63. The van der Waals surface area contributed by atoms with E-state index in [0.29, 0.717) is 10.6 Å². The Morgan fingerprint density at radius 2 is 1.79 bits per heavy atom. The van der Waals surface area contributed by atoms with E-state index in [-0.39, 0.29) is 28.7 Å². The lowest BCUT2D eigenvalue weighted by atomic mass is 10.1. The number of rotatable bonds is 3. The molecule has 1 aliphatic rings. The SMILES string of the molecule is O=C1OC(c2ccccc2Cl)=N/C1=C/c1ccc(-c2cccc(C(F)(F)F)c2)o1. The summed E-state index contributed by atoms with van der Waals surface area (Å²) in [5, 5.41) is 0.380. The van der Waals surface area contributed by atoms with Crippen LogP contribution in [0.5, 0.6) is 0 Å². The van der Waals surface area contributed by atoms with Gasteiger partial charge in [-0.25, -0.2) is 9.79 Å². The summed E-state index contributed by atoms with van der Waals surface area (Å²) in [5.74, 6) is -0.147. The number of benzene rings is 2. The molecule has 29 heavy (non-hydrogen) atoms. The Labute approximate surface area is 167 Å². The third-order valence-electron chi connectivity index (χ3n) is 4.10. The Hall–Kier alpha value is -3.32. The fraction of sp³-hybridized carbons (Fsp3) is 0.0476. The molecule has 0 aliphatic carbocycles. The van der Waals surface area contributed by atoms with Crippen LogP contribution >= 0.6 is 11.6 Å². The number of furan rings is 1. The summed E-state index contributed by atoms with van der Waals surface area (Å²) in [7, 11) is 0. The van der Waals surface area contributed by atoms with E-state index in [1.54, 1.807) is 24.3 Å². The zero-order valence-electron chi connectivity index (χ0n) is 14.5. The molecule has 0 N–H and O–H groups in total. The zero-order valence-corrected chi connectivity index (χ0v) is 15.3. The molecule has 0 unspecified atom stereocenters. The maximum atomic E-state index is 12.9. The molecule has 0 spiro atoms. The second-order valence-electron chi connectivity index (χ2n) is 6.10. The van der Waals surface area contributed by atoms with Gasteiger partial charge in [0.05, 0.1) is 16.1 Å². The first-order valence-corrected chi connectivity index (χ1v) is 8.74. The van der Waals surface area contributed by atoms with Crippen LogP contribution in [0.2, 0.25) is 5.02 Å². The number of carbonyl (C=O) groups is 1. The standard InChI is InChI=1S/C21H11ClF3NO3/c22-16-7-2-1-6-15(16)19-26-17(20(27)29-19)11-14-8-9-18(28-14)12-4-3-5-13(10-12)21(23,24)25/h1-11H/b17-11+. The molecule has 4 rings (SSSR count). The fourth-order valence-electron chi connectivity index (χ4n) is 2.73. The van der Waals surface area contributed by atoms with E-state index in [1.807, 2.05) is 0 Å². The third-order valence-corrected chi connectivity index (χ3v) is 4.43. The van der Waals surface area contributed by atoms with Crippen LogP contribution in [-0.2, 0) is 15.7 Å². The van der Waals surface area contributed by atoms with E-state index in [4.69, 9.17) is 20.8 Å². The molecule has 8 heteroatoms. The molecular weight excluding hydrogens is 407 g/mol. The molecule has 146 valence electrons. The van der Waals surface area contributed by atoms with Gasteiger partial charge in [0.15, 0.2) is 5.70 Å². The van der Waals surface area contributed by atoms with Crippen molar-refractivity contribution in [1.82, 2.24) is 0 Å². The van der Waals surface area contributed by atoms with Crippen molar-refractivity contribution in [2.45, 2.75) is 6.18 Å². The van der Waals surface area contributed by atoms with Gasteiger partial charge in [-0.05, 0) is 36.4 Å². The number of hydrogen-bond acceptors (Lipinski definition) is 4. The van der Waals surface area contributed by atoms with Gasteiger partial charge in [-0.15, -0.1) is 0 Å². The summed E-state index contributed by atoms with van der Waals surface area (Å²) < 4.78 is 49.4. The number of halogens is 4. The normalized spacial score (nSPS) is 15.5. The van der Waals surface area contributed by atoms with Crippen LogP contribution in [0.3, 0.4) is 0 Å². The zero-order chi connectivity index (χ0) is 20.6. The first kappa shape index (κ1) is 19.0. The molecule has 1 aromatic heterocycles. The van der Waals surface area contributed by atoms with Crippen LogP contribution < -0.4 is 0 Å². The highest BCUT2D eigenvalue weighted by Gasteiger charge is 2.30. The molecule has 2 aromatic carbocycles. The van der Waals surface area contributed by atoms with Crippen molar-refractivity contribution in [3.8, 4) is 11.3 Å². The summed E-state index contributed by atoms with van der Waals surface area (Å²) in [6, 6.07) is 14.6. The molecule has 0 amide bonds. The first-order valence-electron chi connectivity index (χ1n) is 8.36. The first-order chi connectivity index (χ1) is 13.8. The molecule has 1 aliphatic heterocycles. The van der Waals surface area contributed by atoms with Crippen LogP contribution in [0.25, 0.3) is 17.4 Å². The van der Waals surface area contributed by atoms with Gasteiger partial charge in [-0.3, -0.25) is 0 Å². The minimum absolute atomic E-state index is 0.00939. The second kappa shape index (κ2) is 7.25. The van der Waals surface area contributed by atoms with Crippen LogP contribution in [-0.4, -0.2) is 11.9 Å². The lowest BCUT2D eigenvalue weighted by molar-refractivity contribution is -0.137. The van der Waals surface area contributed by atoms with Gasteiger partial charge in [0.1, 0.15) is 11.5 Å². The molecule has 0 saturated heterocycles. The summed E-state index contributed by atoms with van der Waals surface area (Å²) in [5.41, 5.74) is -0.0572. The second-order valence-corrected chi connectivity index (χ2v) is 6.50. The Morgan fingerprint density at radius 1 is 1.00 bits per heavy atom. The number of ether oxygens (including phenoxy) is 1. The van der Waals surface area contributed by atoms with E-state index in [2.05, 4.69) is 4.99 Å². The third kappa shape index (κ3) is 3.95. The average Bonchev–Trinajstić information content (AvgIpc) is 3.29. The van der Waals surface area contributed by atoms with Crippen LogP contribution in [0, 0.1) is 0 Å². The van der Waals surface area contributed by atoms with Gasteiger partial charge in [0, 0.05) is 11.6 Å². The van der Waals surface area contributed by atoms with Gasteiger partial charge in [0.2, 0.25) is 5.90 Å². The van der Waals surface area contributed by atoms with E-state index in [9.17, 15) is 18.0 Å². The van der Waals surface area contributed by atoms with Crippen molar-refractivity contribution in [2.75, 3.05) is 0 Å². The number of aliphatic imine (C=N–C) groups is 1. The molecule has 0 saturated carbocycles. The lowest BCUT2D eigenvalue weighted by Crippen LogP contribution is -2.05. The predicted molar refractivity (Wildman–Crippen MR) is 101 cm³/mol. The predicted octanol–water partition coefficient (Wildman–Crippen LogP) is 5.96. The van der Waals surface area contributed by atoms with Crippen molar-refractivity contribution in [3.05, 3.63) is 88.3 Å². The Kier molecular flexibility index (Phi) is 4.76. The molecule has 2 heterocycles. The Bertz CT molecular complexity index is 1160. The minimum Gasteiger partial charge on any atom is -0.457 e. The van der Waals surface area contributed by atoms with E-state index in [0.717, 1.165) is 12.1 Å². The molecule has 0 radical (unpaired) electrons. The lowest BCUT2D eigenvalue weighted by Gasteiger charge is -2.07. The number of carbonyl (C=O) groups excluding carboxylic acids is 1. The van der Waals surface area contributed by atoms with E-state index < -0.39 is 17.7 Å². The maximum absolute atomic E-state index is 12.9. The average molecular weight is 418 g/mol. The number of hydrogen-bond donors (Lipinski definition) is 0. The van der Waals surface area contributed by atoms with Gasteiger partial charge >= 0.3 is 12.1 Å². The van der Waals surface area contributed by atoms with Crippen molar-refractivity contribution < 1.29 is 27.1 Å². The van der Waals surface area contributed by atoms with Crippen molar-refractivity contribution in [1.29, 1.82) is 0 Å². The van der Waals surface area contributed by atoms with E-state index in [1.165, 1.54) is 30.3 Å². The molecule has 0 atom stereocenters. The molecule has 0 bridgehead atoms. The molecule has 4 nitrogen and oxygen atoms in total. The summed E-state index contributed by atoms with van der Waals surface area (Å²) in [6.07, 6.45) is -3.10. The summed E-state index contributed by atoms with van der Waals surface area (Å²) >= 11 is 6.09. The van der Waals surface area contributed by atoms with Gasteiger partial charge in [-0.1, -0.05) is 35.9 Å². The highest BCUT2D eigenvalue weighted by atomic mass is 35.5. The molecular formula is C21H11ClF3NO3. The smallest absolute Gasteiger partial charge is 0.416 e. The summed E-state index contributed by atoms with van der Waals surface area (Å²) in [6.45, 7) is 0. The number of cyclic esters (lactones) is 1. The van der Waals surface area contributed by atoms with Crippen LogP contribution in [0.15, 0.2) is 75.8 Å². The van der Waals surface area contributed by atoms with Crippen LogP contribution in [0.1, 0.15) is 16.9 Å². The van der Waals surface area contributed by atoms with Gasteiger partial charge in [-0.2, -0.15) is 13.2 Å². The number of nitrogens with zero attached hydrogens (tertiary/aromatic N) is 1. The van der Waals surface area contributed by atoms with Gasteiger partial charge in [0.25, 0.3) is 0 Å². The monoisotopic (exact) mass is 417 g/mol. The number of esters is 1. The van der Waals surface area contributed by atoms with Crippen molar-refractivity contribution >= 4 is 29.5 Å². The van der Waals surface area contributed by atoms with E-state index >= 15 is 0 Å². The van der Waals surface area contributed by atoms with Gasteiger partial charge < -0.3 is 9.15 Å². The molecule has 0 fully saturated rings. The highest BCUT2D eigenvalue weighted by molar-refractivity contribution is 6.34. The van der Waals surface area contributed by atoms with Crippen molar-refractivity contribution in [2.24, 2.45) is 4.99 Å². The number of alkyl halides is 3. The Morgan fingerprint density at radius 3 is 2.55 bits per heavy atom. The maximum Gasteiger partial charge on any atom is 0.416 e. The van der Waals surface area contributed by atoms with Crippen LogP contribution in [0.4, 0.5) is 13.2 Å². The summed E-state index contributed by atoms with van der Waals surface area (Å²) in [4.78, 5) is 16.2. The topological polar surface area (TPSA) is 51.8 Å². The molecule has 3 aromatic rings. The quantitative estimate of drug-likeness (QED) is 0.390. The van der Waals surface area contributed by atoms with Crippen molar-refractivity contribution in [3.63, 3.8) is 0 Å².